The normalized spacial score (nSPS) is 14.6. The summed E-state index contributed by atoms with van der Waals surface area (Å²) >= 11 is 0. The Morgan fingerprint density at radius 1 is 0.317 bits per heavy atom. The highest BCUT2D eigenvalue weighted by atomic mass is 31.2. The predicted octanol–water partition coefficient (Wildman–Crippen LogP) is 25.3. The van der Waals surface area contributed by atoms with E-state index in [1.165, 1.54) is 212 Å². The molecule has 0 heterocycles. The first-order valence-corrected chi connectivity index (χ1v) is 46.2. The lowest BCUT2D eigenvalue weighted by molar-refractivity contribution is -0.161. The Hall–Kier alpha value is -2.46. The molecule has 3 N–H and O–H groups in total. The van der Waals surface area contributed by atoms with E-state index >= 15 is 0 Å². The van der Waals surface area contributed by atoms with Gasteiger partial charge in [0.05, 0.1) is 26.4 Å². The van der Waals surface area contributed by atoms with Crippen molar-refractivity contribution in [3.63, 3.8) is 0 Å². The van der Waals surface area contributed by atoms with Crippen molar-refractivity contribution < 1.29 is 80.2 Å². The molecule has 0 fully saturated rings. The predicted molar refractivity (Wildman–Crippen MR) is 427 cm³/mol. The number of rotatable bonds is 81. The van der Waals surface area contributed by atoms with E-state index in [1.54, 1.807) is 0 Å². The zero-order valence-corrected chi connectivity index (χ0v) is 69.8. The third kappa shape index (κ3) is 75.0. The van der Waals surface area contributed by atoms with E-state index < -0.39 is 97.5 Å². The van der Waals surface area contributed by atoms with Gasteiger partial charge in [0.2, 0.25) is 0 Å². The molecule has 0 radical (unpaired) electrons. The average molecular weight is 1520 g/mol. The fourth-order valence-electron chi connectivity index (χ4n) is 12.6. The SMILES string of the molecule is CCCCCC/C=C\C=C/CCCCCCCC(=O)O[C@H](COC(=O)CCCCCCCCC(C)CC)COP(=O)(O)OC[C@H](O)COP(=O)(O)OC[C@@H](COC(=O)CCCCCCCCCCCCCCCCC(C)C)OC(=O)CCCCCCCCCCCCCCCCCCCCC(C)CC. The Balaban J connectivity index is 5.26. The molecule has 19 heteroatoms. The fourth-order valence-corrected chi connectivity index (χ4v) is 14.2. The van der Waals surface area contributed by atoms with Crippen LogP contribution in [0, 0.1) is 17.8 Å². The van der Waals surface area contributed by atoms with Crippen molar-refractivity contribution in [3.05, 3.63) is 24.3 Å². The van der Waals surface area contributed by atoms with Gasteiger partial charge in [0, 0.05) is 25.7 Å². The maximum absolute atomic E-state index is 13.1. The lowest BCUT2D eigenvalue weighted by atomic mass is 9.99. The smallest absolute Gasteiger partial charge is 0.462 e. The first kappa shape index (κ1) is 102. The molecule has 4 unspecified atom stereocenters. The van der Waals surface area contributed by atoms with Gasteiger partial charge in [-0.3, -0.25) is 37.3 Å². The van der Waals surface area contributed by atoms with Gasteiger partial charge in [0.25, 0.3) is 0 Å². The van der Waals surface area contributed by atoms with Crippen molar-refractivity contribution in [3.8, 4) is 0 Å². The second-order valence-corrected chi connectivity index (χ2v) is 33.8. The van der Waals surface area contributed by atoms with Gasteiger partial charge in [-0.05, 0) is 69.1 Å². The van der Waals surface area contributed by atoms with Gasteiger partial charge in [-0.25, -0.2) is 9.13 Å². The summed E-state index contributed by atoms with van der Waals surface area (Å²) in [6.07, 6.45) is 67.5. The van der Waals surface area contributed by atoms with Crippen molar-refractivity contribution >= 4 is 39.5 Å². The molecule has 0 rings (SSSR count). The molecule has 0 aliphatic carbocycles. The number of hydrogen-bond donors (Lipinski definition) is 3. The minimum atomic E-state index is -4.97. The van der Waals surface area contributed by atoms with E-state index in [1.807, 2.05) is 0 Å². The summed E-state index contributed by atoms with van der Waals surface area (Å²) in [7, 11) is -9.94. The highest BCUT2D eigenvalue weighted by molar-refractivity contribution is 7.47. The first-order chi connectivity index (χ1) is 50.3. The molecule has 0 saturated heterocycles. The monoisotopic (exact) mass is 1520 g/mol. The van der Waals surface area contributed by atoms with Crippen LogP contribution in [0.15, 0.2) is 24.3 Å². The highest BCUT2D eigenvalue weighted by Crippen LogP contribution is 2.45. The number of aliphatic hydroxyl groups excluding tert-OH is 1. The van der Waals surface area contributed by atoms with Gasteiger partial charge >= 0.3 is 39.5 Å². The van der Waals surface area contributed by atoms with E-state index in [0.717, 1.165) is 127 Å². The quantitative estimate of drug-likeness (QED) is 0.0169. The number of phosphoric acid groups is 2. The van der Waals surface area contributed by atoms with Crippen molar-refractivity contribution in [1.29, 1.82) is 0 Å². The van der Waals surface area contributed by atoms with Gasteiger partial charge in [0.15, 0.2) is 12.2 Å². The number of esters is 4. The summed E-state index contributed by atoms with van der Waals surface area (Å²) in [5.41, 5.74) is 0. The van der Waals surface area contributed by atoms with Crippen molar-refractivity contribution in [2.24, 2.45) is 17.8 Å². The Kier molecular flexibility index (Phi) is 72.9. The largest absolute Gasteiger partial charge is 0.472 e. The summed E-state index contributed by atoms with van der Waals surface area (Å²) in [5.74, 6) is 0.257. The van der Waals surface area contributed by atoms with Crippen LogP contribution in [0.1, 0.15) is 421 Å². The topological polar surface area (TPSA) is 237 Å². The third-order valence-corrected chi connectivity index (χ3v) is 21.9. The molecule has 104 heavy (non-hydrogen) atoms. The number of aliphatic hydroxyl groups is 1. The number of phosphoric ester groups is 2. The summed E-state index contributed by atoms with van der Waals surface area (Å²) in [6, 6.07) is 0. The molecule has 0 aromatic heterocycles. The van der Waals surface area contributed by atoms with E-state index in [2.05, 4.69) is 72.8 Å². The number of allylic oxidation sites excluding steroid dienone is 4. The molecule has 17 nitrogen and oxygen atoms in total. The zero-order chi connectivity index (χ0) is 76.5. The number of unbranched alkanes of at least 4 members (excludes halogenated alkanes) is 44. The maximum atomic E-state index is 13.1. The van der Waals surface area contributed by atoms with Crippen LogP contribution in [0.2, 0.25) is 0 Å². The maximum Gasteiger partial charge on any atom is 0.472 e. The van der Waals surface area contributed by atoms with E-state index in [-0.39, 0.29) is 25.7 Å². The van der Waals surface area contributed by atoms with Crippen LogP contribution in [0.4, 0.5) is 0 Å². The molecule has 0 aromatic carbocycles. The standard InChI is InChI=1S/C85H162O17P2/c1-8-11-12-13-14-15-16-17-22-30-35-40-45-54-61-69-85(90)102-81(73-96-83(88)67-60-53-48-47-51-58-65-78(7)10-3)75-100-104(93,94)98-71-79(86)70-97-103(91,92)99-74-80(72-95-82(87)66-59-52-44-39-34-29-26-25-27-32-37-42-49-56-63-76(4)5)101-84(89)68-62-55-46-41-36-31-24-21-19-18-20-23-28-33-38-43-50-57-64-77(6)9-2/h15-17,22,76-81,86H,8-14,18-21,23-75H2,1-7H3,(H,91,92)(H,93,94)/b16-15-,22-17-/t77?,78?,79-,80-,81-/m1/s1. The van der Waals surface area contributed by atoms with Crippen LogP contribution in [-0.4, -0.2) is 96.7 Å². The summed E-state index contributed by atoms with van der Waals surface area (Å²) in [5, 5.41) is 10.7. The molecular weight excluding hydrogens is 1350 g/mol. The second-order valence-electron chi connectivity index (χ2n) is 30.8. The number of ether oxygens (including phenoxy) is 4. The molecule has 0 amide bonds. The Labute approximate surface area is 637 Å². The van der Waals surface area contributed by atoms with Gasteiger partial charge in [-0.15, -0.1) is 0 Å². The van der Waals surface area contributed by atoms with Gasteiger partial charge in [0.1, 0.15) is 19.3 Å². The molecule has 7 atom stereocenters. The van der Waals surface area contributed by atoms with Crippen LogP contribution in [0.25, 0.3) is 0 Å². The number of carbonyl (C=O) groups is 4. The minimum Gasteiger partial charge on any atom is -0.462 e. The molecule has 0 aromatic rings. The van der Waals surface area contributed by atoms with Crippen LogP contribution in [0.5, 0.6) is 0 Å². The van der Waals surface area contributed by atoms with Gasteiger partial charge in [-0.1, -0.05) is 368 Å². The minimum absolute atomic E-state index is 0.0841. The van der Waals surface area contributed by atoms with Gasteiger partial charge < -0.3 is 33.8 Å². The summed E-state index contributed by atoms with van der Waals surface area (Å²) in [4.78, 5) is 73.1. The van der Waals surface area contributed by atoms with E-state index in [9.17, 15) is 43.2 Å². The Morgan fingerprint density at radius 2 is 0.567 bits per heavy atom. The van der Waals surface area contributed by atoms with Gasteiger partial charge in [-0.2, -0.15) is 0 Å². The lowest BCUT2D eigenvalue weighted by Crippen LogP contribution is -2.30. The fraction of sp³-hybridized carbons (Fsp3) is 0.906. The first-order valence-electron chi connectivity index (χ1n) is 43.2. The van der Waals surface area contributed by atoms with Crippen molar-refractivity contribution in [1.82, 2.24) is 0 Å². The highest BCUT2D eigenvalue weighted by Gasteiger charge is 2.30. The molecule has 614 valence electrons. The number of carbonyl (C=O) groups excluding carboxylic acids is 4. The molecule has 0 bridgehead atoms. The van der Waals surface area contributed by atoms with Crippen molar-refractivity contribution in [2.45, 2.75) is 439 Å². The third-order valence-electron chi connectivity index (χ3n) is 20.0. The van der Waals surface area contributed by atoms with Crippen LogP contribution in [-0.2, 0) is 65.4 Å². The second kappa shape index (κ2) is 74.6. The summed E-state index contributed by atoms with van der Waals surface area (Å²) < 4.78 is 68.8. The molecule has 0 aliphatic heterocycles. The molecule has 0 saturated carbocycles. The van der Waals surface area contributed by atoms with E-state index in [4.69, 9.17) is 37.0 Å². The molecular formula is C85H162O17P2. The Morgan fingerprint density at radius 3 is 0.856 bits per heavy atom. The van der Waals surface area contributed by atoms with Crippen LogP contribution in [0.3, 0.4) is 0 Å². The summed E-state index contributed by atoms with van der Waals surface area (Å²) in [6.45, 7) is 11.9. The molecule has 0 spiro atoms. The Bertz CT molecular complexity index is 2110. The average Bonchev–Trinajstić information content (AvgIpc) is 0.915. The number of hydrogen-bond acceptors (Lipinski definition) is 15. The van der Waals surface area contributed by atoms with Crippen LogP contribution < -0.4 is 0 Å². The van der Waals surface area contributed by atoms with Crippen molar-refractivity contribution in [2.75, 3.05) is 39.6 Å². The van der Waals surface area contributed by atoms with E-state index in [0.29, 0.717) is 25.7 Å². The molecule has 0 aliphatic rings. The zero-order valence-electron chi connectivity index (χ0n) is 68.0. The van der Waals surface area contributed by atoms with Crippen LogP contribution >= 0.6 is 15.6 Å². The lowest BCUT2D eigenvalue weighted by Gasteiger charge is -2.21.